The Labute approximate surface area is 166 Å². The van der Waals surface area contributed by atoms with Crippen molar-refractivity contribution in [2.45, 2.75) is 19.8 Å². The van der Waals surface area contributed by atoms with Gasteiger partial charge in [-0.3, -0.25) is 4.40 Å². The van der Waals surface area contributed by atoms with Gasteiger partial charge in [0.15, 0.2) is 5.65 Å². The number of aromatic nitrogens is 5. The van der Waals surface area contributed by atoms with Gasteiger partial charge in [-0.2, -0.15) is 15.2 Å². The molecule has 0 saturated carbocycles. The van der Waals surface area contributed by atoms with Crippen LogP contribution >= 0.6 is 0 Å². The Kier molecular flexibility index (Phi) is 3.75. The first-order valence-electron chi connectivity index (χ1n) is 9.25. The summed E-state index contributed by atoms with van der Waals surface area (Å²) in [5.74, 6) is 0.772. The molecule has 0 amide bonds. The van der Waals surface area contributed by atoms with E-state index < -0.39 is 0 Å². The quantitative estimate of drug-likeness (QED) is 0.476. The average molecular weight is 377 g/mol. The third kappa shape index (κ3) is 2.38. The maximum absolute atomic E-state index is 9.88. The van der Waals surface area contributed by atoms with Crippen LogP contribution in [0.15, 0.2) is 48.5 Å². The first-order valence-corrected chi connectivity index (χ1v) is 9.25. The zero-order chi connectivity index (χ0) is 20.0. The van der Waals surface area contributed by atoms with Crippen molar-refractivity contribution in [1.29, 1.82) is 10.5 Å². The summed E-state index contributed by atoms with van der Waals surface area (Å²) in [6, 6.07) is 20.0. The van der Waals surface area contributed by atoms with E-state index in [1.54, 1.807) is 4.68 Å². The third-order valence-electron chi connectivity index (χ3n) is 5.24. The van der Waals surface area contributed by atoms with E-state index in [9.17, 15) is 10.5 Å². The van der Waals surface area contributed by atoms with Crippen LogP contribution in [0.4, 0.5) is 0 Å². The van der Waals surface area contributed by atoms with Crippen LogP contribution in [0, 0.1) is 29.6 Å². The highest BCUT2D eigenvalue weighted by Gasteiger charge is 2.23. The Morgan fingerprint density at radius 2 is 1.69 bits per heavy atom. The van der Waals surface area contributed by atoms with E-state index in [1.807, 2.05) is 59.9 Å². The van der Waals surface area contributed by atoms with E-state index in [0.717, 1.165) is 39.0 Å². The van der Waals surface area contributed by atoms with Crippen LogP contribution in [0.2, 0.25) is 0 Å². The van der Waals surface area contributed by atoms with Gasteiger partial charge >= 0.3 is 0 Å². The highest BCUT2D eigenvalue weighted by molar-refractivity contribution is 5.86. The number of nitrogens with zero attached hydrogens (tertiary/aromatic N) is 7. The molecule has 138 valence electrons. The second-order valence-corrected chi connectivity index (χ2v) is 6.82. The Morgan fingerprint density at radius 1 is 0.966 bits per heavy atom. The highest BCUT2D eigenvalue weighted by Crippen LogP contribution is 2.31. The molecule has 0 unspecified atom stereocenters. The molecule has 2 aromatic carbocycles. The standard InChI is InChI=1S/C22H15N7/c1-14-15(7-6-12-23)22(29-20-11-5-3-9-18(20)26-27-29)28-19-10-4-2-8-17(19)25-21(28)16(14)13-24/h2-5,8-11H,6-7H2,1H3. The lowest BCUT2D eigenvalue weighted by molar-refractivity contribution is 0.774. The van der Waals surface area contributed by atoms with Crippen LogP contribution < -0.4 is 0 Å². The summed E-state index contributed by atoms with van der Waals surface area (Å²) in [6.45, 7) is 1.91. The van der Waals surface area contributed by atoms with Gasteiger partial charge in [-0.1, -0.05) is 29.5 Å². The van der Waals surface area contributed by atoms with Crippen molar-refractivity contribution < 1.29 is 0 Å². The van der Waals surface area contributed by atoms with Crippen molar-refractivity contribution in [2.24, 2.45) is 0 Å². The molecule has 3 heterocycles. The fourth-order valence-corrected chi connectivity index (χ4v) is 3.89. The second-order valence-electron chi connectivity index (χ2n) is 6.82. The lowest BCUT2D eigenvalue weighted by Crippen LogP contribution is -2.12. The van der Waals surface area contributed by atoms with Crippen LogP contribution in [-0.4, -0.2) is 24.4 Å². The summed E-state index contributed by atoms with van der Waals surface area (Å²) in [4.78, 5) is 4.73. The van der Waals surface area contributed by atoms with E-state index in [2.05, 4.69) is 22.5 Å². The lowest BCUT2D eigenvalue weighted by atomic mass is 10.0. The highest BCUT2D eigenvalue weighted by atomic mass is 15.5. The predicted molar refractivity (Wildman–Crippen MR) is 109 cm³/mol. The molecule has 5 aromatic rings. The molecule has 29 heavy (non-hydrogen) atoms. The van der Waals surface area contributed by atoms with Gasteiger partial charge in [-0.25, -0.2) is 4.98 Å². The molecule has 7 nitrogen and oxygen atoms in total. The van der Waals surface area contributed by atoms with Gasteiger partial charge < -0.3 is 0 Å². The number of para-hydroxylation sites is 3. The summed E-state index contributed by atoms with van der Waals surface area (Å²) in [6.07, 6.45) is 0.840. The number of hydrogen-bond donors (Lipinski definition) is 0. The first kappa shape index (κ1) is 16.9. The van der Waals surface area contributed by atoms with Crippen molar-refractivity contribution in [3.05, 3.63) is 65.2 Å². The normalized spacial score (nSPS) is 11.1. The van der Waals surface area contributed by atoms with Crippen molar-refractivity contribution in [3.8, 4) is 18.0 Å². The minimum atomic E-state index is 0.337. The SMILES string of the molecule is Cc1c(CCC#N)c(-n2nnc3ccccc32)n2c(nc3ccccc32)c1C#N. The smallest absolute Gasteiger partial charge is 0.157 e. The second kappa shape index (κ2) is 6.43. The summed E-state index contributed by atoms with van der Waals surface area (Å²) < 4.78 is 3.76. The maximum atomic E-state index is 9.88. The Morgan fingerprint density at radius 3 is 2.45 bits per heavy atom. The Bertz CT molecular complexity index is 1490. The Hall–Kier alpha value is -4.23. The van der Waals surface area contributed by atoms with Crippen LogP contribution in [-0.2, 0) is 6.42 Å². The van der Waals surface area contributed by atoms with E-state index in [-0.39, 0.29) is 0 Å². The lowest BCUT2D eigenvalue weighted by Gasteiger charge is -2.17. The van der Waals surface area contributed by atoms with E-state index in [4.69, 9.17) is 4.98 Å². The number of pyridine rings is 1. The monoisotopic (exact) mass is 377 g/mol. The van der Waals surface area contributed by atoms with Crippen molar-refractivity contribution in [3.63, 3.8) is 0 Å². The molecule has 0 bridgehead atoms. The summed E-state index contributed by atoms with van der Waals surface area (Å²) in [7, 11) is 0. The molecule has 3 aromatic heterocycles. The molecular formula is C22H15N7. The van der Waals surface area contributed by atoms with Crippen LogP contribution in [0.3, 0.4) is 0 Å². The predicted octanol–water partition coefficient (Wildman–Crippen LogP) is 3.86. The van der Waals surface area contributed by atoms with E-state index in [1.165, 1.54) is 0 Å². The molecule has 0 radical (unpaired) electrons. The summed E-state index contributed by atoms with van der Waals surface area (Å²) >= 11 is 0. The molecule has 0 aliphatic heterocycles. The summed E-state index contributed by atoms with van der Waals surface area (Å²) in [5.41, 5.74) is 6.13. The van der Waals surface area contributed by atoms with E-state index in [0.29, 0.717) is 24.1 Å². The van der Waals surface area contributed by atoms with Gasteiger partial charge in [0.05, 0.1) is 28.2 Å². The Balaban J connectivity index is 2.03. The molecule has 5 rings (SSSR count). The zero-order valence-corrected chi connectivity index (χ0v) is 15.7. The molecule has 0 N–H and O–H groups in total. The molecule has 0 spiro atoms. The molecular weight excluding hydrogens is 362 g/mol. The molecule has 0 fully saturated rings. The van der Waals surface area contributed by atoms with Crippen molar-refractivity contribution in [1.82, 2.24) is 24.4 Å². The number of nitriles is 2. The molecule has 7 heteroatoms. The number of hydrogen-bond acceptors (Lipinski definition) is 5. The number of benzene rings is 2. The van der Waals surface area contributed by atoms with Gasteiger partial charge in [-0.05, 0) is 43.2 Å². The number of fused-ring (bicyclic) bond motifs is 4. The van der Waals surface area contributed by atoms with Gasteiger partial charge in [0.2, 0.25) is 0 Å². The van der Waals surface area contributed by atoms with E-state index >= 15 is 0 Å². The van der Waals surface area contributed by atoms with Gasteiger partial charge in [0.1, 0.15) is 17.4 Å². The summed E-state index contributed by atoms with van der Waals surface area (Å²) in [5, 5.41) is 27.8. The fraction of sp³-hybridized carbons (Fsp3) is 0.136. The minimum absolute atomic E-state index is 0.337. The molecule has 0 aliphatic carbocycles. The van der Waals surface area contributed by atoms with Crippen LogP contribution in [0.1, 0.15) is 23.1 Å². The van der Waals surface area contributed by atoms with Crippen LogP contribution in [0.5, 0.6) is 0 Å². The topological polar surface area (TPSA) is 95.6 Å². The third-order valence-corrected chi connectivity index (χ3v) is 5.24. The van der Waals surface area contributed by atoms with Gasteiger partial charge in [0.25, 0.3) is 0 Å². The first-order chi connectivity index (χ1) is 14.2. The van der Waals surface area contributed by atoms with Crippen molar-refractivity contribution >= 4 is 27.7 Å². The van der Waals surface area contributed by atoms with Gasteiger partial charge in [0, 0.05) is 12.0 Å². The molecule has 0 aliphatic rings. The van der Waals surface area contributed by atoms with Crippen LogP contribution in [0.25, 0.3) is 33.5 Å². The average Bonchev–Trinajstić information content (AvgIpc) is 3.34. The largest absolute Gasteiger partial charge is 0.275 e. The number of imidazole rings is 1. The van der Waals surface area contributed by atoms with Gasteiger partial charge in [-0.15, -0.1) is 5.10 Å². The maximum Gasteiger partial charge on any atom is 0.157 e. The fourth-order valence-electron chi connectivity index (χ4n) is 3.89. The zero-order valence-electron chi connectivity index (χ0n) is 15.7. The number of rotatable bonds is 3. The molecule has 0 atom stereocenters. The van der Waals surface area contributed by atoms with Crippen molar-refractivity contribution in [2.75, 3.05) is 0 Å². The molecule has 0 saturated heterocycles. The minimum Gasteiger partial charge on any atom is -0.275 e.